The van der Waals surface area contributed by atoms with Gasteiger partial charge in [-0.3, -0.25) is 14.4 Å². The van der Waals surface area contributed by atoms with Crippen molar-refractivity contribution in [3.63, 3.8) is 0 Å². The fraction of sp³-hybridized carbons (Fsp3) is 0.435. The molecule has 3 heterocycles. The fourth-order valence-corrected chi connectivity index (χ4v) is 4.98. The van der Waals surface area contributed by atoms with Gasteiger partial charge in [-0.15, -0.1) is 0 Å². The molecule has 0 saturated heterocycles. The number of carbonyl (C=O) groups is 2. The molecule has 3 N–H and O–H groups in total. The molecule has 1 aromatic carbocycles. The Bertz CT molecular complexity index is 1280. The van der Waals surface area contributed by atoms with E-state index in [0.29, 0.717) is 6.07 Å². The zero-order valence-corrected chi connectivity index (χ0v) is 19.1. The smallest absolute Gasteiger partial charge is 0.345 e. The summed E-state index contributed by atoms with van der Waals surface area (Å²) < 4.78 is 58.0. The van der Waals surface area contributed by atoms with Crippen LogP contribution in [0.4, 0.5) is 17.6 Å². The number of amides is 2. The fourth-order valence-electron chi connectivity index (χ4n) is 4.98. The molecule has 2 amide bonds. The summed E-state index contributed by atoms with van der Waals surface area (Å²) >= 11 is 0. The van der Waals surface area contributed by atoms with E-state index in [0.717, 1.165) is 12.1 Å². The maximum absolute atomic E-state index is 14.0. The summed E-state index contributed by atoms with van der Waals surface area (Å²) in [5.74, 6) is -4.60. The lowest BCUT2D eigenvalue weighted by Gasteiger charge is -2.43. The van der Waals surface area contributed by atoms with Gasteiger partial charge in [-0.05, 0) is 19.4 Å². The maximum atomic E-state index is 14.0. The van der Waals surface area contributed by atoms with Crippen LogP contribution in [0.1, 0.15) is 58.0 Å². The number of benzene rings is 1. The first-order valence-electron chi connectivity index (χ1n) is 11.1. The molecule has 2 aromatic rings. The van der Waals surface area contributed by atoms with E-state index in [1.807, 2.05) is 0 Å². The van der Waals surface area contributed by atoms with Crippen LogP contribution >= 0.6 is 0 Å². The second-order valence-corrected chi connectivity index (χ2v) is 8.69. The van der Waals surface area contributed by atoms with E-state index in [1.165, 1.54) is 9.47 Å². The molecule has 0 bridgehead atoms. The van der Waals surface area contributed by atoms with Gasteiger partial charge >= 0.3 is 6.61 Å². The van der Waals surface area contributed by atoms with Crippen molar-refractivity contribution in [3.05, 3.63) is 62.6 Å². The SMILES string of the molecule is CCN1CC2(CCOC(F)F)CC(O)c3c(C(=O)NCc4ccc(F)cc4F)c(=O)c(O)c(n32)C1=O. The Balaban J connectivity index is 1.80. The number of hydrogen-bond donors (Lipinski definition) is 3. The topological polar surface area (TPSA) is 121 Å². The normalized spacial score (nSPS) is 20.7. The number of aliphatic hydroxyl groups excluding tert-OH is 1. The average molecular weight is 513 g/mol. The number of aromatic nitrogens is 1. The van der Waals surface area contributed by atoms with Crippen LogP contribution in [0.5, 0.6) is 5.75 Å². The largest absolute Gasteiger partial charge is 0.503 e. The van der Waals surface area contributed by atoms with Crippen LogP contribution in [0.15, 0.2) is 23.0 Å². The molecule has 194 valence electrons. The number of alkyl halides is 2. The monoisotopic (exact) mass is 513 g/mol. The second kappa shape index (κ2) is 9.54. The predicted octanol–water partition coefficient (Wildman–Crippen LogP) is 2.00. The number of aromatic hydroxyl groups is 1. The molecule has 0 saturated carbocycles. The minimum atomic E-state index is -3.06. The molecule has 2 aliphatic rings. The molecule has 36 heavy (non-hydrogen) atoms. The van der Waals surface area contributed by atoms with E-state index in [2.05, 4.69) is 10.1 Å². The number of carbonyl (C=O) groups excluding carboxylic acids is 2. The first-order valence-corrected chi connectivity index (χ1v) is 11.1. The number of halogens is 4. The van der Waals surface area contributed by atoms with E-state index >= 15 is 0 Å². The standard InChI is InChI=1S/C23H23F4N3O6/c1-2-29-10-23(5-6-36-22(26)27)8-14(31)16-15(18(32)19(33)17(21(29)35)30(16)23)20(34)28-9-11-3-4-12(24)7-13(11)25/h3-4,7,14,22,31,33H,2,5-6,8-10H2,1H3,(H,28,34). The summed E-state index contributed by atoms with van der Waals surface area (Å²) in [7, 11) is 0. The second-order valence-electron chi connectivity index (χ2n) is 8.69. The minimum absolute atomic E-state index is 0.0455. The van der Waals surface area contributed by atoms with Gasteiger partial charge in [0.05, 0.1) is 23.9 Å². The van der Waals surface area contributed by atoms with Crippen LogP contribution in [0.2, 0.25) is 0 Å². The zero-order chi connectivity index (χ0) is 26.4. The lowest BCUT2D eigenvalue weighted by Crippen LogP contribution is -2.54. The quantitative estimate of drug-likeness (QED) is 0.465. The lowest BCUT2D eigenvalue weighted by atomic mass is 9.89. The van der Waals surface area contributed by atoms with Gasteiger partial charge in [0, 0.05) is 37.7 Å². The first kappa shape index (κ1) is 25.6. The van der Waals surface area contributed by atoms with E-state index < -0.39 is 77.3 Å². The Labute approximate surface area is 201 Å². The first-order chi connectivity index (χ1) is 17.0. The predicted molar refractivity (Wildman–Crippen MR) is 116 cm³/mol. The van der Waals surface area contributed by atoms with Gasteiger partial charge < -0.3 is 29.7 Å². The van der Waals surface area contributed by atoms with Gasteiger partial charge in [0.25, 0.3) is 11.8 Å². The number of nitrogens with zero attached hydrogens (tertiary/aromatic N) is 2. The van der Waals surface area contributed by atoms with Gasteiger partial charge in [0.2, 0.25) is 5.43 Å². The Morgan fingerprint density at radius 2 is 2.03 bits per heavy atom. The van der Waals surface area contributed by atoms with E-state index in [1.54, 1.807) is 6.92 Å². The molecule has 0 spiro atoms. The highest BCUT2D eigenvalue weighted by Crippen LogP contribution is 2.47. The van der Waals surface area contributed by atoms with Crippen molar-refractivity contribution in [3.8, 4) is 5.75 Å². The molecule has 1 aromatic heterocycles. The van der Waals surface area contributed by atoms with Crippen LogP contribution in [0, 0.1) is 11.6 Å². The number of hydrogen-bond acceptors (Lipinski definition) is 6. The maximum Gasteiger partial charge on any atom is 0.345 e. The Morgan fingerprint density at radius 1 is 1.31 bits per heavy atom. The number of rotatable bonds is 8. The number of pyridine rings is 1. The van der Waals surface area contributed by atoms with Gasteiger partial charge in [-0.25, -0.2) is 8.78 Å². The number of ether oxygens (including phenoxy) is 1. The van der Waals surface area contributed by atoms with Crippen molar-refractivity contribution < 1.29 is 42.1 Å². The molecule has 2 aliphatic heterocycles. The highest BCUT2D eigenvalue weighted by molar-refractivity contribution is 6.00. The van der Waals surface area contributed by atoms with Crippen molar-refractivity contribution in [2.75, 3.05) is 19.7 Å². The van der Waals surface area contributed by atoms with Crippen LogP contribution in [0.25, 0.3) is 0 Å². The molecular weight excluding hydrogens is 490 g/mol. The highest BCUT2D eigenvalue weighted by Gasteiger charge is 2.53. The molecule has 13 heteroatoms. The summed E-state index contributed by atoms with van der Waals surface area (Å²) in [5.41, 5.74) is -3.94. The number of aliphatic hydroxyl groups is 1. The van der Waals surface area contributed by atoms with Crippen molar-refractivity contribution in [2.45, 2.75) is 44.6 Å². The molecule has 0 fully saturated rings. The van der Waals surface area contributed by atoms with Gasteiger partial charge in [0.15, 0.2) is 11.4 Å². The number of nitrogens with one attached hydrogen (secondary N) is 1. The van der Waals surface area contributed by atoms with Crippen LogP contribution in [-0.4, -0.2) is 57.8 Å². The molecule has 9 nitrogen and oxygen atoms in total. The summed E-state index contributed by atoms with van der Waals surface area (Å²) in [6.45, 7) is -2.20. The van der Waals surface area contributed by atoms with Crippen LogP contribution in [-0.2, 0) is 16.8 Å². The van der Waals surface area contributed by atoms with E-state index in [4.69, 9.17) is 0 Å². The molecule has 2 unspecified atom stereocenters. The Kier molecular flexibility index (Phi) is 6.80. The Hall–Kier alpha value is -3.45. The summed E-state index contributed by atoms with van der Waals surface area (Å²) in [6, 6.07) is 2.70. The van der Waals surface area contributed by atoms with Crippen molar-refractivity contribution >= 4 is 11.8 Å². The summed E-state index contributed by atoms with van der Waals surface area (Å²) in [5, 5.41) is 23.9. The van der Waals surface area contributed by atoms with E-state index in [-0.39, 0.29) is 37.2 Å². The lowest BCUT2D eigenvalue weighted by molar-refractivity contribution is -0.135. The minimum Gasteiger partial charge on any atom is -0.503 e. The third-order valence-corrected chi connectivity index (χ3v) is 6.60. The number of likely N-dealkylation sites (N-methyl/N-ethyl adjacent to an activating group) is 1. The third-order valence-electron chi connectivity index (χ3n) is 6.60. The molecule has 0 aliphatic carbocycles. The van der Waals surface area contributed by atoms with Crippen molar-refractivity contribution in [1.82, 2.24) is 14.8 Å². The van der Waals surface area contributed by atoms with Gasteiger partial charge in [0.1, 0.15) is 17.2 Å². The van der Waals surface area contributed by atoms with E-state index in [9.17, 15) is 42.2 Å². The zero-order valence-electron chi connectivity index (χ0n) is 19.1. The van der Waals surface area contributed by atoms with Gasteiger partial charge in [-0.2, -0.15) is 8.78 Å². The highest BCUT2D eigenvalue weighted by atomic mass is 19.3. The molecule has 0 radical (unpaired) electrons. The molecule has 4 rings (SSSR count). The molecular formula is C23H23F4N3O6. The third kappa shape index (κ3) is 4.22. The van der Waals surface area contributed by atoms with Crippen molar-refractivity contribution in [2.24, 2.45) is 0 Å². The van der Waals surface area contributed by atoms with Crippen LogP contribution < -0.4 is 10.7 Å². The van der Waals surface area contributed by atoms with Crippen LogP contribution in [0.3, 0.4) is 0 Å². The summed E-state index contributed by atoms with van der Waals surface area (Å²) in [4.78, 5) is 40.4. The average Bonchev–Trinajstić information content (AvgIpc) is 3.09. The van der Waals surface area contributed by atoms with Crippen molar-refractivity contribution in [1.29, 1.82) is 0 Å². The summed E-state index contributed by atoms with van der Waals surface area (Å²) in [6.07, 6.45) is -1.73. The molecule has 2 atom stereocenters. The van der Waals surface area contributed by atoms with Gasteiger partial charge in [-0.1, -0.05) is 6.07 Å². The Morgan fingerprint density at radius 3 is 2.67 bits per heavy atom.